The molecule has 0 saturated heterocycles. The molecule has 0 aliphatic heterocycles. The summed E-state index contributed by atoms with van der Waals surface area (Å²) in [6, 6.07) is 1.99. The van der Waals surface area contributed by atoms with Crippen LogP contribution in [0.25, 0.3) is 0 Å². The smallest absolute Gasteiger partial charge is 0.337 e. The summed E-state index contributed by atoms with van der Waals surface area (Å²) in [5.74, 6) is 0. The largest absolute Gasteiger partial charge is 0.398 e. The fraction of sp³-hybridized carbons (Fsp3) is 0.800. The fourth-order valence-corrected chi connectivity index (χ4v) is 0.957. The van der Waals surface area contributed by atoms with Crippen LogP contribution in [0.2, 0.25) is 6.55 Å². The summed E-state index contributed by atoms with van der Waals surface area (Å²) >= 11 is 0. The predicted octanol–water partition coefficient (Wildman–Crippen LogP) is 1.11. The van der Waals surface area contributed by atoms with Gasteiger partial charge in [-0.05, 0) is 6.55 Å². The van der Waals surface area contributed by atoms with Gasteiger partial charge in [-0.2, -0.15) is 0 Å². The highest BCUT2D eigenvalue weighted by molar-refractivity contribution is 6.69. The second kappa shape index (κ2) is 3.22. The first-order valence-electron chi connectivity index (χ1n) is 2.59. The quantitative estimate of drug-likeness (QED) is 0.537. The molecule has 0 heterocycles. The zero-order chi connectivity index (χ0) is 6.62. The van der Waals surface area contributed by atoms with Crippen LogP contribution in [0.5, 0.6) is 0 Å². The second-order valence-electron chi connectivity index (χ2n) is 1.71. The molecule has 0 aromatic rings. The van der Waals surface area contributed by atoms with E-state index in [-0.39, 0.29) is 0 Å². The summed E-state index contributed by atoms with van der Waals surface area (Å²) in [6.07, 6.45) is 0. The van der Waals surface area contributed by atoms with E-state index in [1.165, 1.54) is 0 Å². The molecule has 0 amide bonds. The standard InChI is InChI=1S/C5H13O2Si/c1-5-8(4,6-2)7-3/h5H,1-4H3. The maximum atomic E-state index is 5.10. The van der Waals surface area contributed by atoms with Gasteiger partial charge in [0.05, 0.1) is 0 Å². The van der Waals surface area contributed by atoms with Crippen LogP contribution in [0.3, 0.4) is 0 Å². The molecule has 0 aromatic carbocycles. The van der Waals surface area contributed by atoms with Crippen LogP contribution in [-0.4, -0.2) is 22.8 Å². The van der Waals surface area contributed by atoms with E-state index >= 15 is 0 Å². The molecule has 0 fully saturated rings. The van der Waals surface area contributed by atoms with Gasteiger partial charge in [-0.15, -0.1) is 0 Å². The molecule has 0 N–H and O–H groups in total. The van der Waals surface area contributed by atoms with Gasteiger partial charge >= 0.3 is 8.56 Å². The Morgan fingerprint density at radius 2 is 1.62 bits per heavy atom. The summed E-state index contributed by atoms with van der Waals surface area (Å²) in [5.41, 5.74) is 0. The summed E-state index contributed by atoms with van der Waals surface area (Å²) in [5, 5.41) is 0. The van der Waals surface area contributed by atoms with E-state index in [4.69, 9.17) is 8.85 Å². The van der Waals surface area contributed by atoms with E-state index in [9.17, 15) is 0 Å². The molecule has 3 heteroatoms. The Balaban J connectivity index is 3.58. The SMILES string of the molecule is C[CH][Si](C)(OC)OC. The highest BCUT2D eigenvalue weighted by atomic mass is 28.4. The third-order valence-corrected chi connectivity index (χ3v) is 4.00. The molecule has 1 radical (unpaired) electrons. The van der Waals surface area contributed by atoms with Crippen LogP contribution >= 0.6 is 0 Å². The first-order valence-corrected chi connectivity index (χ1v) is 4.98. The summed E-state index contributed by atoms with van der Waals surface area (Å²) < 4.78 is 10.2. The van der Waals surface area contributed by atoms with Gasteiger partial charge < -0.3 is 8.85 Å². The van der Waals surface area contributed by atoms with E-state index in [0.29, 0.717) is 0 Å². The first kappa shape index (κ1) is 8.14. The molecule has 0 aliphatic rings. The van der Waals surface area contributed by atoms with Crippen molar-refractivity contribution >= 4 is 8.56 Å². The van der Waals surface area contributed by atoms with E-state index < -0.39 is 8.56 Å². The zero-order valence-electron chi connectivity index (χ0n) is 5.89. The van der Waals surface area contributed by atoms with Crippen molar-refractivity contribution in [3.63, 3.8) is 0 Å². The molecular weight excluding hydrogens is 120 g/mol. The average Bonchev–Trinajstić information content (AvgIpc) is 1.87. The van der Waals surface area contributed by atoms with Crippen molar-refractivity contribution in [1.82, 2.24) is 0 Å². The van der Waals surface area contributed by atoms with Crippen LogP contribution < -0.4 is 0 Å². The van der Waals surface area contributed by atoms with Gasteiger partial charge in [-0.3, -0.25) is 0 Å². The van der Waals surface area contributed by atoms with Gasteiger partial charge in [0.15, 0.2) is 0 Å². The normalized spacial score (nSPS) is 12.0. The molecule has 0 rings (SSSR count). The molecule has 0 spiro atoms. The highest BCUT2D eigenvalue weighted by Gasteiger charge is 2.25. The third kappa shape index (κ3) is 1.94. The van der Waals surface area contributed by atoms with Crippen molar-refractivity contribution in [3.05, 3.63) is 6.04 Å². The van der Waals surface area contributed by atoms with E-state index in [1.807, 2.05) is 19.5 Å². The molecular formula is C5H13O2Si. The predicted molar refractivity (Wildman–Crippen MR) is 35.6 cm³/mol. The molecule has 2 nitrogen and oxygen atoms in total. The first-order chi connectivity index (χ1) is 3.68. The lowest BCUT2D eigenvalue weighted by molar-refractivity contribution is 0.259. The molecule has 0 saturated carbocycles. The average molecular weight is 133 g/mol. The van der Waals surface area contributed by atoms with Gasteiger partial charge in [0.2, 0.25) is 0 Å². The minimum absolute atomic E-state index is 1.68. The third-order valence-electron chi connectivity index (χ3n) is 1.33. The summed E-state index contributed by atoms with van der Waals surface area (Å²) in [7, 11) is 1.56. The topological polar surface area (TPSA) is 18.5 Å². The molecule has 0 aromatic heterocycles. The Bertz CT molecular complexity index is 53.2. The number of hydrogen-bond donors (Lipinski definition) is 0. The van der Waals surface area contributed by atoms with Gasteiger partial charge in [-0.25, -0.2) is 0 Å². The molecule has 0 unspecified atom stereocenters. The van der Waals surface area contributed by atoms with Gasteiger partial charge in [0.1, 0.15) is 0 Å². The Morgan fingerprint density at radius 1 is 1.25 bits per heavy atom. The molecule has 0 aliphatic carbocycles. The van der Waals surface area contributed by atoms with Crippen LogP contribution in [-0.2, 0) is 8.85 Å². The summed E-state index contributed by atoms with van der Waals surface area (Å²) in [6.45, 7) is 3.95. The summed E-state index contributed by atoms with van der Waals surface area (Å²) in [4.78, 5) is 0. The Labute approximate surface area is 52.1 Å². The molecule has 0 atom stereocenters. The lowest BCUT2D eigenvalue weighted by atomic mass is 11.0. The Kier molecular flexibility index (Phi) is 3.27. The molecule has 0 bridgehead atoms. The minimum atomic E-state index is -1.80. The fourth-order valence-electron chi connectivity index (χ4n) is 0.319. The van der Waals surface area contributed by atoms with E-state index in [0.717, 1.165) is 0 Å². The van der Waals surface area contributed by atoms with E-state index in [2.05, 4.69) is 0 Å². The van der Waals surface area contributed by atoms with Gasteiger partial charge in [0, 0.05) is 20.3 Å². The lowest BCUT2D eigenvalue weighted by Crippen LogP contribution is -2.36. The van der Waals surface area contributed by atoms with Crippen molar-refractivity contribution in [2.24, 2.45) is 0 Å². The van der Waals surface area contributed by atoms with E-state index in [1.54, 1.807) is 14.2 Å². The van der Waals surface area contributed by atoms with Crippen LogP contribution in [0.1, 0.15) is 6.92 Å². The van der Waals surface area contributed by atoms with Crippen molar-refractivity contribution in [2.45, 2.75) is 13.5 Å². The number of rotatable bonds is 3. The van der Waals surface area contributed by atoms with Crippen LogP contribution in [0.4, 0.5) is 0 Å². The highest BCUT2D eigenvalue weighted by Crippen LogP contribution is 2.05. The maximum Gasteiger partial charge on any atom is 0.337 e. The van der Waals surface area contributed by atoms with Gasteiger partial charge in [-0.1, -0.05) is 6.92 Å². The van der Waals surface area contributed by atoms with Crippen molar-refractivity contribution in [1.29, 1.82) is 0 Å². The monoisotopic (exact) mass is 133 g/mol. The lowest BCUT2D eigenvalue weighted by Gasteiger charge is -2.19. The van der Waals surface area contributed by atoms with Crippen molar-refractivity contribution < 1.29 is 8.85 Å². The number of hydrogen-bond acceptors (Lipinski definition) is 2. The Morgan fingerprint density at radius 3 is 1.62 bits per heavy atom. The maximum absolute atomic E-state index is 5.10. The second-order valence-corrected chi connectivity index (χ2v) is 5.14. The Hall–Kier alpha value is 0.137. The van der Waals surface area contributed by atoms with Crippen molar-refractivity contribution in [3.8, 4) is 0 Å². The molecule has 8 heavy (non-hydrogen) atoms. The van der Waals surface area contributed by atoms with Gasteiger partial charge in [0.25, 0.3) is 0 Å². The van der Waals surface area contributed by atoms with Crippen molar-refractivity contribution in [2.75, 3.05) is 14.2 Å². The minimum Gasteiger partial charge on any atom is -0.398 e. The zero-order valence-corrected chi connectivity index (χ0v) is 6.89. The molecule has 49 valence electrons. The van der Waals surface area contributed by atoms with Crippen LogP contribution in [0.15, 0.2) is 0 Å². The van der Waals surface area contributed by atoms with Crippen LogP contribution in [0, 0.1) is 6.04 Å².